The first-order valence-corrected chi connectivity index (χ1v) is 10.1. The van der Waals surface area contributed by atoms with Crippen LogP contribution >= 0.6 is 0 Å². The zero-order chi connectivity index (χ0) is 26.6. The van der Waals surface area contributed by atoms with Crippen molar-refractivity contribution < 1.29 is 50.5 Å². The predicted molar refractivity (Wildman–Crippen MR) is 110 cm³/mol. The maximum absolute atomic E-state index is 12.9. The molecule has 0 aliphatic carbocycles. The summed E-state index contributed by atoms with van der Waals surface area (Å²) >= 11 is 0. The summed E-state index contributed by atoms with van der Waals surface area (Å²) in [4.78, 5) is 24.5. The van der Waals surface area contributed by atoms with Crippen LogP contribution in [0.25, 0.3) is 0 Å². The smallest absolute Gasteiger partial charge is 0.475 e. The molecule has 194 valence electrons. The quantitative estimate of drug-likeness (QED) is 0.564. The van der Waals surface area contributed by atoms with E-state index < -0.39 is 24.3 Å². The van der Waals surface area contributed by atoms with Crippen LogP contribution in [-0.2, 0) is 22.6 Å². The molecule has 35 heavy (non-hydrogen) atoms. The lowest BCUT2D eigenvalue weighted by atomic mass is 9.90. The van der Waals surface area contributed by atoms with Crippen LogP contribution in [0.3, 0.4) is 0 Å². The minimum absolute atomic E-state index is 0.148. The van der Waals surface area contributed by atoms with Gasteiger partial charge in [0.25, 0.3) is 0 Å². The molecule has 6 nitrogen and oxygen atoms in total. The molecule has 1 aliphatic heterocycles. The van der Waals surface area contributed by atoms with Crippen molar-refractivity contribution in [1.82, 2.24) is 9.88 Å². The fourth-order valence-electron chi connectivity index (χ4n) is 3.05. The van der Waals surface area contributed by atoms with Crippen molar-refractivity contribution in [2.75, 3.05) is 13.1 Å². The van der Waals surface area contributed by atoms with Crippen molar-refractivity contribution in [2.24, 2.45) is 5.92 Å². The lowest BCUT2D eigenvalue weighted by molar-refractivity contribution is -0.193. The van der Waals surface area contributed by atoms with Crippen molar-refractivity contribution >= 4 is 11.9 Å². The van der Waals surface area contributed by atoms with Crippen LogP contribution in [0.1, 0.15) is 24.0 Å². The van der Waals surface area contributed by atoms with Gasteiger partial charge in [-0.15, -0.1) is 0 Å². The Bertz CT molecular complexity index is 888. The summed E-state index contributed by atoms with van der Waals surface area (Å²) in [5.74, 6) is -4.94. The highest BCUT2D eigenvalue weighted by atomic mass is 19.4. The number of carboxylic acids is 2. The van der Waals surface area contributed by atoms with Crippen LogP contribution in [0.4, 0.5) is 30.7 Å². The zero-order valence-electron chi connectivity index (χ0n) is 18.2. The molecule has 2 aromatic rings. The molecule has 1 aromatic heterocycles. The predicted octanol–water partition coefficient (Wildman–Crippen LogP) is 4.94. The number of piperidine rings is 1. The average molecular weight is 512 g/mol. The lowest BCUT2D eigenvalue weighted by Gasteiger charge is -2.32. The van der Waals surface area contributed by atoms with Gasteiger partial charge in [-0.1, -0.05) is 18.2 Å². The first-order valence-electron chi connectivity index (χ1n) is 10.1. The molecule has 0 atom stereocenters. The summed E-state index contributed by atoms with van der Waals surface area (Å²) in [5, 5.41) is 14.2. The molecule has 1 saturated heterocycles. The summed E-state index contributed by atoms with van der Waals surface area (Å²) in [5.41, 5.74) is 2.54. The minimum Gasteiger partial charge on any atom is -0.475 e. The molecule has 0 amide bonds. The number of halogens is 7. The fourth-order valence-corrected chi connectivity index (χ4v) is 3.05. The van der Waals surface area contributed by atoms with Gasteiger partial charge in [0.05, 0.1) is 0 Å². The number of benzene rings is 1. The van der Waals surface area contributed by atoms with Gasteiger partial charge in [-0.3, -0.25) is 9.88 Å². The number of carbonyl (C=O) groups is 2. The summed E-state index contributed by atoms with van der Waals surface area (Å²) in [6.45, 7) is 3.28. The third-order valence-electron chi connectivity index (χ3n) is 4.76. The van der Waals surface area contributed by atoms with Crippen LogP contribution in [0.5, 0.6) is 0 Å². The molecule has 2 heterocycles. The molecule has 1 aliphatic rings. The molecule has 13 heteroatoms. The minimum atomic E-state index is -5.08. The number of carboxylic acid groups (broad SMARTS) is 2. The van der Waals surface area contributed by atoms with Crippen molar-refractivity contribution in [3.8, 4) is 0 Å². The molecule has 0 bridgehead atoms. The Morgan fingerprint density at radius 2 is 1.37 bits per heavy atom. The van der Waals surface area contributed by atoms with Gasteiger partial charge in [0.15, 0.2) is 0 Å². The van der Waals surface area contributed by atoms with Crippen molar-refractivity contribution in [1.29, 1.82) is 0 Å². The molecular formula is C22H23F7N2O4. The highest BCUT2D eigenvalue weighted by molar-refractivity contribution is 5.73. The van der Waals surface area contributed by atoms with Gasteiger partial charge in [-0.25, -0.2) is 14.0 Å². The van der Waals surface area contributed by atoms with Gasteiger partial charge in [0, 0.05) is 18.9 Å². The molecule has 0 spiro atoms. The summed E-state index contributed by atoms with van der Waals surface area (Å²) in [6, 6.07) is 11.1. The van der Waals surface area contributed by atoms with E-state index in [1.165, 1.54) is 24.0 Å². The van der Waals surface area contributed by atoms with E-state index in [1.54, 1.807) is 12.1 Å². The number of aliphatic carboxylic acids is 2. The Hall–Kier alpha value is -3.22. The summed E-state index contributed by atoms with van der Waals surface area (Å²) in [7, 11) is 0. The standard InChI is InChI=1S/C18H21FN2.2C2HF3O2/c19-18-5-3-15(4-6-18)12-16-7-10-21(11-8-16)14-17-2-1-9-20-13-17;2*3-2(4,5)1(6)7/h1-6,9,13,16H,7-8,10-12,14H2;2*(H,6,7). The van der Waals surface area contributed by atoms with Gasteiger partial charge < -0.3 is 10.2 Å². The van der Waals surface area contributed by atoms with Gasteiger partial charge in [0.2, 0.25) is 0 Å². The van der Waals surface area contributed by atoms with E-state index in [0.717, 1.165) is 32.0 Å². The van der Waals surface area contributed by atoms with E-state index >= 15 is 0 Å². The Morgan fingerprint density at radius 1 is 0.886 bits per heavy atom. The van der Waals surface area contributed by atoms with Gasteiger partial charge in [0.1, 0.15) is 5.82 Å². The Balaban J connectivity index is 0.000000362. The van der Waals surface area contributed by atoms with E-state index in [-0.39, 0.29) is 5.82 Å². The molecule has 1 aromatic carbocycles. The van der Waals surface area contributed by atoms with Crippen LogP contribution in [0.2, 0.25) is 0 Å². The number of nitrogens with zero attached hydrogens (tertiary/aromatic N) is 2. The largest absolute Gasteiger partial charge is 0.490 e. The Kier molecular flexibility index (Phi) is 11.6. The second-order valence-electron chi connectivity index (χ2n) is 7.52. The highest BCUT2D eigenvalue weighted by Gasteiger charge is 2.38. The van der Waals surface area contributed by atoms with Crippen LogP contribution in [-0.4, -0.2) is 57.5 Å². The van der Waals surface area contributed by atoms with Crippen LogP contribution < -0.4 is 0 Å². The number of alkyl halides is 6. The molecule has 2 N–H and O–H groups in total. The molecule has 0 saturated carbocycles. The van der Waals surface area contributed by atoms with Gasteiger partial charge >= 0.3 is 24.3 Å². The van der Waals surface area contributed by atoms with E-state index in [4.69, 9.17) is 19.8 Å². The first-order chi connectivity index (χ1) is 16.2. The number of rotatable bonds is 4. The molecule has 3 rings (SSSR count). The Morgan fingerprint density at radius 3 is 1.77 bits per heavy atom. The number of aromatic nitrogens is 1. The Labute approximate surface area is 196 Å². The second kappa shape index (κ2) is 13.6. The summed E-state index contributed by atoms with van der Waals surface area (Å²) < 4.78 is 76.4. The third-order valence-corrected chi connectivity index (χ3v) is 4.76. The highest BCUT2D eigenvalue weighted by Crippen LogP contribution is 2.23. The normalized spacial score (nSPS) is 14.7. The molecule has 0 radical (unpaired) electrons. The summed E-state index contributed by atoms with van der Waals surface area (Å²) in [6.07, 6.45) is -2.89. The number of likely N-dealkylation sites (tertiary alicyclic amines) is 1. The third kappa shape index (κ3) is 12.7. The number of hydrogen-bond acceptors (Lipinski definition) is 4. The average Bonchev–Trinajstić information content (AvgIpc) is 2.77. The lowest BCUT2D eigenvalue weighted by Crippen LogP contribution is -2.33. The van der Waals surface area contributed by atoms with Gasteiger partial charge in [-0.2, -0.15) is 26.3 Å². The second-order valence-corrected chi connectivity index (χ2v) is 7.52. The van der Waals surface area contributed by atoms with Crippen molar-refractivity contribution in [2.45, 2.75) is 38.2 Å². The maximum atomic E-state index is 12.9. The monoisotopic (exact) mass is 512 g/mol. The van der Waals surface area contributed by atoms with Crippen LogP contribution in [0.15, 0.2) is 48.8 Å². The molecular weight excluding hydrogens is 489 g/mol. The van der Waals surface area contributed by atoms with E-state index in [2.05, 4.69) is 16.0 Å². The van der Waals surface area contributed by atoms with E-state index in [1.807, 2.05) is 30.6 Å². The maximum Gasteiger partial charge on any atom is 0.490 e. The van der Waals surface area contributed by atoms with E-state index in [0.29, 0.717) is 0 Å². The number of hydrogen-bond donors (Lipinski definition) is 2. The fraction of sp³-hybridized carbons (Fsp3) is 0.409. The molecule has 0 unspecified atom stereocenters. The van der Waals surface area contributed by atoms with Crippen LogP contribution in [0, 0.1) is 11.7 Å². The topological polar surface area (TPSA) is 90.7 Å². The van der Waals surface area contributed by atoms with Crippen molar-refractivity contribution in [3.05, 3.63) is 65.7 Å². The van der Waals surface area contributed by atoms with Gasteiger partial charge in [-0.05, 0) is 67.6 Å². The van der Waals surface area contributed by atoms with Crippen molar-refractivity contribution in [3.63, 3.8) is 0 Å². The first kappa shape index (κ1) is 29.8. The SMILES string of the molecule is Fc1ccc(CC2CCN(Cc3cccnc3)CC2)cc1.O=C(O)C(F)(F)F.O=C(O)C(F)(F)F. The zero-order valence-corrected chi connectivity index (χ0v) is 18.2. The van der Waals surface area contributed by atoms with E-state index in [9.17, 15) is 30.7 Å². The number of pyridine rings is 1. The molecule has 1 fully saturated rings.